The number of nitrogens with zero attached hydrogens (tertiary/aromatic N) is 7. The van der Waals surface area contributed by atoms with Gasteiger partial charge in [-0.3, -0.25) is 9.48 Å². The van der Waals surface area contributed by atoms with Gasteiger partial charge in [0.2, 0.25) is 17.7 Å². The van der Waals surface area contributed by atoms with Gasteiger partial charge in [0.05, 0.1) is 17.8 Å². The van der Waals surface area contributed by atoms with Crippen molar-refractivity contribution >= 4 is 11.9 Å². The molecule has 3 aromatic heterocycles. The number of amides is 1. The average molecular weight is 548 g/mol. The van der Waals surface area contributed by atoms with Crippen molar-refractivity contribution in [2.24, 2.45) is 0 Å². The summed E-state index contributed by atoms with van der Waals surface area (Å²) in [5.41, 5.74) is 6.98. The molecule has 1 aliphatic heterocycles. The Morgan fingerprint density at radius 2 is 1.71 bits per heavy atom. The number of hydrogen-bond acceptors (Lipinski definition) is 8. The summed E-state index contributed by atoms with van der Waals surface area (Å²) in [6.45, 7) is 1.46. The standard InChI is InChI=1S/C30H29N9O2/c40-28(38-11-10-26-27(17-38)35-37-34-26)18-39-16-25(29(36-39)41-19-20-6-2-1-3-7-20)23-14-31-30(32-15-23)33-24-12-21-8-4-5-9-22(21)13-24/h1-9,14-16,24H,10-13,17-19H2,(H,31,32,33)(H,34,35,37). The van der Waals surface area contributed by atoms with Crippen LogP contribution < -0.4 is 10.1 Å². The number of hydrogen-bond donors (Lipinski definition) is 2. The minimum Gasteiger partial charge on any atom is -0.471 e. The fraction of sp³-hybridized carbons (Fsp3) is 0.267. The van der Waals surface area contributed by atoms with Gasteiger partial charge in [0.15, 0.2) is 0 Å². The number of aromatic amines is 1. The number of carbonyl (C=O) groups is 1. The third-order valence-corrected chi connectivity index (χ3v) is 7.61. The van der Waals surface area contributed by atoms with Crippen LogP contribution in [0.3, 0.4) is 0 Å². The van der Waals surface area contributed by atoms with E-state index in [0.29, 0.717) is 37.9 Å². The van der Waals surface area contributed by atoms with E-state index in [-0.39, 0.29) is 18.5 Å². The molecule has 0 bridgehead atoms. The number of fused-ring (bicyclic) bond motifs is 2. The van der Waals surface area contributed by atoms with Crippen LogP contribution in [0.15, 0.2) is 73.2 Å². The first kappa shape index (κ1) is 24.9. The van der Waals surface area contributed by atoms with E-state index in [4.69, 9.17) is 4.74 Å². The van der Waals surface area contributed by atoms with Gasteiger partial charge in [-0.2, -0.15) is 15.4 Å². The third kappa shape index (κ3) is 5.38. The molecule has 0 fully saturated rings. The highest BCUT2D eigenvalue weighted by atomic mass is 16.5. The summed E-state index contributed by atoms with van der Waals surface area (Å²) in [5.74, 6) is 0.962. The first-order valence-electron chi connectivity index (χ1n) is 13.7. The second kappa shape index (κ2) is 10.8. The Balaban J connectivity index is 1.08. The van der Waals surface area contributed by atoms with Crippen LogP contribution in [-0.2, 0) is 43.8 Å². The molecule has 2 aromatic carbocycles. The minimum absolute atomic E-state index is 0.0457. The number of rotatable bonds is 8. The zero-order chi connectivity index (χ0) is 27.6. The lowest BCUT2D eigenvalue weighted by atomic mass is 10.1. The van der Waals surface area contributed by atoms with Crippen LogP contribution >= 0.6 is 0 Å². The van der Waals surface area contributed by atoms with Gasteiger partial charge in [-0.15, -0.1) is 5.10 Å². The molecule has 7 rings (SSSR count). The Hall–Kier alpha value is -5.06. The fourth-order valence-corrected chi connectivity index (χ4v) is 5.45. The molecule has 41 heavy (non-hydrogen) atoms. The van der Waals surface area contributed by atoms with Crippen molar-refractivity contribution in [2.45, 2.75) is 45.0 Å². The van der Waals surface area contributed by atoms with E-state index in [2.05, 4.69) is 60.1 Å². The van der Waals surface area contributed by atoms with E-state index in [9.17, 15) is 4.79 Å². The molecule has 0 saturated carbocycles. The van der Waals surface area contributed by atoms with Crippen LogP contribution in [0.25, 0.3) is 11.1 Å². The van der Waals surface area contributed by atoms with Gasteiger partial charge >= 0.3 is 0 Å². The lowest BCUT2D eigenvalue weighted by molar-refractivity contribution is -0.133. The average Bonchev–Trinajstić information content (AvgIpc) is 3.74. The smallest absolute Gasteiger partial charge is 0.244 e. The predicted octanol–water partition coefficient (Wildman–Crippen LogP) is 3.20. The van der Waals surface area contributed by atoms with Crippen molar-refractivity contribution in [3.05, 3.63) is 101 Å². The number of ether oxygens (including phenoxy) is 1. The van der Waals surface area contributed by atoms with Crippen LogP contribution in [0.1, 0.15) is 28.1 Å². The Morgan fingerprint density at radius 1 is 0.976 bits per heavy atom. The molecule has 5 aromatic rings. The molecular formula is C30H29N9O2. The molecule has 0 atom stereocenters. The largest absolute Gasteiger partial charge is 0.471 e. The van der Waals surface area contributed by atoms with Crippen molar-refractivity contribution in [3.63, 3.8) is 0 Å². The van der Waals surface area contributed by atoms with Gasteiger partial charge in [0.1, 0.15) is 18.8 Å². The number of carbonyl (C=O) groups excluding carboxylic acids is 1. The highest BCUT2D eigenvalue weighted by Gasteiger charge is 2.25. The third-order valence-electron chi connectivity index (χ3n) is 7.61. The SMILES string of the molecule is O=C(Cn1cc(-c2cnc(NC3Cc4ccccc4C3)nc2)c(OCc2ccccc2)n1)N1CCc2n[nH]nc2C1. The number of H-pyrrole nitrogens is 1. The predicted molar refractivity (Wildman–Crippen MR) is 151 cm³/mol. The molecule has 2 aliphatic rings. The molecule has 1 aliphatic carbocycles. The maximum Gasteiger partial charge on any atom is 0.244 e. The van der Waals surface area contributed by atoms with Gasteiger partial charge < -0.3 is 15.0 Å². The summed E-state index contributed by atoms with van der Waals surface area (Å²) >= 11 is 0. The van der Waals surface area contributed by atoms with Crippen molar-refractivity contribution in [3.8, 4) is 17.0 Å². The monoisotopic (exact) mass is 547 g/mol. The minimum atomic E-state index is -0.0457. The molecule has 0 spiro atoms. The highest BCUT2D eigenvalue weighted by molar-refractivity contribution is 5.76. The summed E-state index contributed by atoms with van der Waals surface area (Å²) in [6, 6.07) is 18.7. The number of anilines is 1. The van der Waals surface area contributed by atoms with Crippen LogP contribution in [0, 0.1) is 0 Å². The van der Waals surface area contributed by atoms with Gasteiger partial charge in [-0.1, -0.05) is 54.6 Å². The number of nitrogens with one attached hydrogen (secondary N) is 2. The van der Waals surface area contributed by atoms with Gasteiger partial charge in [-0.25, -0.2) is 9.97 Å². The lowest BCUT2D eigenvalue weighted by Crippen LogP contribution is -2.38. The van der Waals surface area contributed by atoms with Crippen molar-refractivity contribution < 1.29 is 9.53 Å². The number of aromatic nitrogens is 7. The molecular weight excluding hydrogens is 518 g/mol. The molecule has 11 nitrogen and oxygen atoms in total. The summed E-state index contributed by atoms with van der Waals surface area (Å²) in [4.78, 5) is 24.1. The van der Waals surface area contributed by atoms with Gasteiger partial charge in [0, 0.05) is 43.2 Å². The molecule has 1 amide bonds. The first-order chi connectivity index (χ1) is 20.2. The molecule has 206 valence electrons. The maximum atomic E-state index is 13.2. The van der Waals surface area contributed by atoms with Crippen molar-refractivity contribution in [2.75, 3.05) is 11.9 Å². The summed E-state index contributed by atoms with van der Waals surface area (Å²) in [6.07, 6.45) is 7.95. The summed E-state index contributed by atoms with van der Waals surface area (Å²) in [5, 5.41) is 19.1. The van der Waals surface area contributed by atoms with E-state index < -0.39 is 0 Å². The Morgan fingerprint density at radius 3 is 2.49 bits per heavy atom. The summed E-state index contributed by atoms with van der Waals surface area (Å²) in [7, 11) is 0. The molecule has 0 saturated heterocycles. The van der Waals surface area contributed by atoms with Gasteiger partial charge in [-0.05, 0) is 29.5 Å². The second-order valence-electron chi connectivity index (χ2n) is 10.4. The van der Waals surface area contributed by atoms with Crippen molar-refractivity contribution in [1.29, 1.82) is 0 Å². The lowest BCUT2D eigenvalue weighted by Gasteiger charge is -2.25. The van der Waals surface area contributed by atoms with E-state index >= 15 is 0 Å². The Bertz CT molecular complexity index is 1640. The molecule has 11 heteroatoms. The molecule has 2 N–H and O–H groups in total. The fourth-order valence-electron chi connectivity index (χ4n) is 5.45. The van der Waals surface area contributed by atoms with Gasteiger partial charge in [0.25, 0.3) is 0 Å². The number of benzene rings is 2. The highest BCUT2D eigenvalue weighted by Crippen LogP contribution is 2.30. The second-order valence-corrected chi connectivity index (χ2v) is 10.4. The molecule has 0 unspecified atom stereocenters. The molecule has 0 radical (unpaired) electrons. The molecule has 4 heterocycles. The van der Waals surface area contributed by atoms with Crippen LogP contribution in [0.4, 0.5) is 5.95 Å². The van der Waals surface area contributed by atoms with Crippen molar-refractivity contribution in [1.82, 2.24) is 40.1 Å². The van der Waals surface area contributed by atoms with E-state index in [1.807, 2.05) is 36.5 Å². The van der Waals surface area contributed by atoms with Crippen LogP contribution in [0.2, 0.25) is 0 Å². The van der Waals surface area contributed by atoms with E-state index in [0.717, 1.165) is 40.9 Å². The normalized spacial score (nSPS) is 14.5. The topological polar surface area (TPSA) is 127 Å². The summed E-state index contributed by atoms with van der Waals surface area (Å²) < 4.78 is 7.77. The first-order valence-corrected chi connectivity index (χ1v) is 13.7. The quantitative estimate of drug-likeness (QED) is 0.303. The van der Waals surface area contributed by atoms with Crippen LogP contribution in [-0.4, -0.2) is 58.6 Å². The van der Waals surface area contributed by atoms with E-state index in [1.165, 1.54) is 11.1 Å². The zero-order valence-electron chi connectivity index (χ0n) is 22.4. The Labute approximate surface area is 236 Å². The van der Waals surface area contributed by atoms with Crippen LogP contribution in [0.5, 0.6) is 5.88 Å². The Kier molecular flexibility index (Phi) is 6.59. The maximum absolute atomic E-state index is 13.2. The zero-order valence-corrected chi connectivity index (χ0v) is 22.4. The van der Waals surface area contributed by atoms with E-state index in [1.54, 1.807) is 22.0 Å².